The van der Waals surface area contributed by atoms with Crippen LogP contribution in [-0.2, 0) is 20.8 Å². The van der Waals surface area contributed by atoms with Gasteiger partial charge in [-0.25, -0.2) is 15.0 Å². The predicted octanol–water partition coefficient (Wildman–Crippen LogP) is 2.39. The molecule has 1 fully saturated rings. The van der Waals surface area contributed by atoms with Crippen molar-refractivity contribution < 1.29 is 14.3 Å². The first-order valence-corrected chi connectivity index (χ1v) is 10.2. The summed E-state index contributed by atoms with van der Waals surface area (Å²) in [5.41, 5.74) is 2.56. The van der Waals surface area contributed by atoms with E-state index < -0.39 is 0 Å². The zero-order valence-corrected chi connectivity index (χ0v) is 17.5. The molecule has 1 aromatic carbocycles. The molecule has 4 rings (SSSR count). The van der Waals surface area contributed by atoms with Crippen molar-refractivity contribution in [2.75, 3.05) is 31.6 Å². The lowest BCUT2D eigenvalue weighted by Gasteiger charge is -2.38. The Morgan fingerprint density at radius 2 is 2.13 bits per heavy atom. The van der Waals surface area contributed by atoms with Crippen LogP contribution in [0.4, 0.5) is 5.82 Å². The molecular formula is C22H26N6O3. The van der Waals surface area contributed by atoms with Crippen LogP contribution in [0.1, 0.15) is 18.7 Å². The minimum atomic E-state index is -0.329. The Labute approximate surface area is 180 Å². The van der Waals surface area contributed by atoms with Crippen LogP contribution in [0, 0.1) is 0 Å². The minimum Gasteiger partial charge on any atom is -0.463 e. The summed E-state index contributed by atoms with van der Waals surface area (Å²) < 4.78 is 13.4. The van der Waals surface area contributed by atoms with Crippen LogP contribution in [-0.4, -0.2) is 62.7 Å². The lowest BCUT2D eigenvalue weighted by atomic mass is 10.2. The molecule has 162 valence electrons. The van der Waals surface area contributed by atoms with E-state index >= 15 is 0 Å². The summed E-state index contributed by atoms with van der Waals surface area (Å²) in [6.07, 6.45) is 4.40. The Kier molecular flexibility index (Phi) is 6.54. The Bertz CT molecular complexity index is 1040. The van der Waals surface area contributed by atoms with Crippen molar-refractivity contribution in [2.45, 2.75) is 25.8 Å². The fourth-order valence-electron chi connectivity index (χ4n) is 3.68. The first-order valence-electron chi connectivity index (χ1n) is 10.2. The molecule has 2 atom stereocenters. The van der Waals surface area contributed by atoms with Crippen LogP contribution in [0.3, 0.4) is 0 Å². The third-order valence-corrected chi connectivity index (χ3v) is 5.03. The van der Waals surface area contributed by atoms with Gasteiger partial charge in [-0.05, 0) is 5.56 Å². The summed E-state index contributed by atoms with van der Waals surface area (Å²) in [5, 5.41) is 3.18. The monoisotopic (exact) mass is 422 g/mol. The third kappa shape index (κ3) is 5.07. The second-order valence-corrected chi connectivity index (χ2v) is 7.41. The van der Waals surface area contributed by atoms with Crippen LogP contribution in [0.25, 0.3) is 11.2 Å². The zero-order chi connectivity index (χ0) is 21.6. The quantitative estimate of drug-likeness (QED) is 0.437. The molecule has 2 aromatic heterocycles. The average molecular weight is 422 g/mol. The summed E-state index contributed by atoms with van der Waals surface area (Å²) in [4.78, 5) is 26.9. The number of hydrogen-bond donors (Lipinski definition) is 1. The van der Waals surface area contributed by atoms with E-state index in [4.69, 9.17) is 9.47 Å². The number of carbonyl (C=O) groups excluding carboxylic acids is 1. The van der Waals surface area contributed by atoms with E-state index in [1.807, 2.05) is 22.8 Å². The van der Waals surface area contributed by atoms with Gasteiger partial charge in [0.15, 0.2) is 17.0 Å². The maximum atomic E-state index is 11.3. The number of fused-ring (bicyclic) bond motifs is 1. The van der Waals surface area contributed by atoms with Gasteiger partial charge < -0.3 is 14.8 Å². The molecule has 3 aromatic rings. The van der Waals surface area contributed by atoms with Crippen LogP contribution < -0.4 is 5.32 Å². The highest BCUT2D eigenvalue weighted by atomic mass is 16.6. The third-order valence-electron chi connectivity index (χ3n) is 5.03. The van der Waals surface area contributed by atoms with E-state index in [2.05, 4.69) is 43.9 Å². The zero-order valence-electron chi connectivity index (χ0n) is 17.5. The number of benzene rings is 1. The Balaban J connectivity index is 1.59. The molecule has 1 saturated heterocycles. The van der Waals surface area contributed by atoms with Crippen molar-refractivity contribution in [1.82, 2.24) is 24.4 Å². The first-order chi connectivity index (χ1) is 15.1. The van der Waals surface area contributed by atoms with Gasteiger partial charge in [-0.15, -0.1) is 6.58 Å². The number of rotatable bonds is 8. The number of nitrogens with one attached hydrogen (secondary N) is 1. The van der Waals surface area contributed by atoms with Gasteiger partial charge in [0.2, 0.25) is 0 Å². The molecule has 1 aliphatic rings. The lowest BCUT2D eigenvalue weighted by molar-refractivity contribution is -0.162. The van der Waals surface area contributed by atoms with Gasteiger partial charge in [0, 0.05) is 33.1 Å². The number of imidazole rings is 1. The number of ether oxygens (including phenoxy) is 2. The van der Waals surface area contributed by atoms with Crippen LogP contribution in [0.15, 0.2) is 55.6 Å². The average Bonchev–Trinajstić information content (AvgIpc) is 3.22. The highest BCUT2D eigenvalue weighted by Crippen LogP contribution is 2.26. The lowest BCUT2D eigenvalue weighted by Crippen LogP contribution is -2.47. The van der Waals surface area contributed by atoms with Crippen molar-refractivity contribution in [3.63, 3.8) is 0 Å². The maximum absolute atomic E-state index is 11.3. The highest BCUT2D eigenvalue weighted by molar-refractivity contribution is 5.82. The molecule has 0 saturated carbocycles. The number of anilines is 1. The fraction of sp³-hybridized carbons (Fsp3) is 0.364. The van der Waals surface area contributed by atoms with E-state index in [0.29, 0.717) is 36.6 Å². The van der Waals surface area contributed by atoms with E-state index in [1.165, 1.54) is 18.8 Å². The van der Waals surface area contributed by atoms with Gasteiger partial charge in [0.25, 0.3) is 0 Å². The summed E-state index contributed by atoms with van der Waals surface area (Å²) in [5.74, 6) is 0.330. The van der Waals surface area contributed by atoms with Crippen LogP contribution >= 0.6 is 0 Å². The molecule has 31 heavy (non-hydrogen) atoms. The maximum Gasteiger partial charge on any atom is 0.302 e. The van der Waals surface area contributed by atoms with Crippen LogP contribution in [0.5, 0.6) is 0 Å². The number of morpholine rings is 1. The van der Waals surface area contributed by atoms with Crippen molar-refractivity contribution in [3.8, 4) is 0 Å². The minimum absolute atomic E-state index is 0.199. The fourth-order valence-corrected chi connectivity index (χ4v) is 3.68. The Morgan fingerprint density at radius 1 is 1.29 bits per heavy atom. The predicted molar refractivity (Wildman–Crippen MR) is 116 cm³/mol. The molecule has 0 amide bonds. The topological polar surface area (TPSA) is 94.4 Å². The summed E-state index contributed by atoms with van der Waals surface area (Å²) in [6, 6.07) is 10.3. The van der Waals surface area contributed by atoms with Crippen molar-refractivity contribution in [3.05, 3.63) is 61.2 Å². The Morgan fingerprint density at radius 3 is 2.90 bits per heavy atom. The molecule has 0 bridgehead atoms. The molecular weight excluding hydrogens is 396 g/mol. The standard InChI is InChI=1S/C22H26N6O3/c1-3-9-23-21-20-22(25-14-24-21)28(15-26-20)19-12-27(10-17-7-5-4-6-8-17)11-18(31-19)13-30-16(2)29/h3-8,14-15,18-19H,1,9-13H2,2H3,(H,23,24,25)/t18-,19+/m0/s1. The van der Waals surface area contributed by atoms with Gasteiger partial charge in [-0.2, -0.15) is 0 Å². The molecule has 1 aliphatic heterocycles. The van der Waals surface area contributed by atoms with Crippen molar-refractivity contribution >= 4 is 23.0 Å². The van der Waals surface area contributed by atoms with Crippen LogP contribution in [0.2, 0.25) is 0 Å². The molecule has 3 heterocycles. The van der Waals surface area contributed by atoms with Crippen molar-refractivity contribution in [2.24, 2.45) is 0 Å². The number of hydrogen-bond acceptors (Lipinski definition) is 8. The molecule has 0 unspecified atom stereocenters. The summed E-state index contributed by atoms with van der Waals surface area (Å²) in [6.45, 7) is 7.98. The summed E-state index contributed by atoms with van der Waals surface area (Å²) >= 11 is 0. The van der Waals surface area contributed by atoms with Gasteiger partial charge in [0.05, 0.1) is 6.33 Å². The van der Waals surface area contributed by atoms with Gasteiger partial charge in [0.1, 0.15) is 25.3 Å². The second kappa shape index (κ2) is 9.67. The molecule has 0 radical (unpaired) electrons. The first kappa shape index (κ1) is 21.0. The molecule has 0 spiro atoms. The summed E-state index contributed by atoms with van der Waals surface area (Å²) in [7, 11) is 0. The smallest absolute Gasteiger partial charge is 0.302 e. The number of esters is 1. The number of nitrogens with zero attached hydrogens (tertiary/aromatic N) is 5. The largest absolute Gasteiger partial charge is 0.463 e. The van der Waals surface area contributed by atoms with E-state index in [1.54, 1.807) is 12.4 Å². The highest BCUT2D eigenvalue weighted by Gasteiger charge is 2.31. The van der Waals surface area contributed by atoms with Gasteiger partial charge >= 0.3 is 5.97 Å². The Hall–Kier alpha value is -3.30. The van der Waals surface area contributed by atoms with E-state index in [9.17, 15) is 4.79 Å². The molecule has 9 nitrogen and oxygen atoms in total. The number of aromatic nitrogens is 4. The molecule has 9 heteroatoms. The molecule has 1 N–H and O–H groups in total. The van der Waals surface area contributed by atoms with E-state index in [-0.39, 0.29) is 24.9 Å². The van der Waals surface area contributed by atoms with Crippen molar-refractivity contribution in [1.29, 1.82) is 0 Å². The second-order valence-electron chi connectivity index (χ2n) is 7.41. The number of carbonyl (C=O) groups is 1. The normalized spacial score (nSPS) is 19.3. The molecule has 0 aliphatic carbocycles. The van der Waals surface area contributed by atoms with Gasteiger partial charge in [-0.3, -0.25) is 14.3 Å². The van der Waals surface area contributed by atoms with E-state index in [0.717, 1.165) is 6.54 Å². The van der Waals surface area contributed by atoms with Gasteiger partial charge in [-0.1, -0.05) is 36.4 Å². The SMILES string of the molecule is C=CCNc1ncnc2c1ncn2[C@H]1CN(Cc2ccccc2)C[C@@H](COC(C)=O)O1.